The van der Waals surface area contributed by atoms with Gasteiger partial charge in [0, 0.05) is 62.4 Å². The molecule has 0 radical (unpaired) electrons. The van der Waals surface area contributed by atoms with Crippen LogP contribution >= 0.6 is 0 Å². The third kappa shape index (κ3) is 6.70. The smallest absolute Gasteiger partial charge is 0.203 e. The van der Waals surface area contributed by atoms with Crippen LogP contribution in [0, 0.1) is 17.2 Å². The van der Waals surface area contributed by atoms with Gasteiger partial charge < -0.3 is 25.0 Å². The second kappa shape index (κ2) is 12.5. The Balaban J connectivity index is 1.18. The van der Waals surface area contributed by atoms with Crippen molar-refractivity contribution in [3.05, 3.63) is 53.6 Å². The van der Waals surface area contributed by atoms with Crippen LogP contribution in [0.25, 0.3) is 0 Å². The molecule has 39 heavy (non-hydrogen) atoms. The Hall–Kier alpha value is -3.61. The third-order valence-electron chi connectivity index (χ3n) is 7.85. The van der Waals surface area contributed by atoms with Gasteiger partial charge in [0.25, 0.3) is 0 Å². The minimum absolute atomic E-state index is 0.0240. The van der Waals surface area contributed by atoms with Gasteiger partial charge in [-0.1, -0.05) is 0 Å². The first kappa shape index (κ1) is 27.0. The largest absolute Gasteiger partial charge is 0.489 e. The van der Waals surface area contributed by atoms with Crippen LogP contribution in [0.5, 0.6) is 5.75 Å². The summed E-state index contributed by atoms with van der Waals surface area (Å²) in [5.41, 5.74) is 3.51. The van der Waals surface area contributed by atoms with E-state index in [4.69, 9.17) is 9.47 Å². The number of rotatable bonds is 7. The van der Waals surface area contributed by atoms with Crippen LogP contribution in [0.2, 0.25) is 0 Å². The number of anilines is 2. The lowest BCUT2D eigenvalue weighted by molar-refractivity contribution is 0.0238. The molecule has 0 bridgehead atoms. The molecule has 2 N–H and O–H groups in total. The van der Waals surface area contributed by atoms with E-state index in [2.05, 4.69) is 81.5 Å². The molecule has 9 heteroatoms. The zero-order valence-corrected chi connectivity index (χ0v) is 23.2. The number of hydrogen-bond acceptors (Lipinski definition) is 9. The highest BCUT2D eigenvalue weighted by atomic mass is 16.5. The summed E-state index contributed by atoms with van der Waals surface area (Å²) in [7, 11) is 0. The number of guanidine groups is 1. The first-order chi connectivity index (χ1) is 19.0. The van der Waals surface area contributed by atoms with E-state index < -0.39 is 0 Å². The third-order valence-corrected chi connectivity index (χ3v) is 7.85. The van der Waals surface area contributed by atoms with Crippen molar-refractivity contribution >= 4 is 23.2 Å². The predicted octanol–water partition coefficient (Wildman–Crippen LogP) is 4.06. The molecule has 2 saturated heterocycles. The Morgan fingerprint density at radius 3 is 2.46 bits per heavy atom. The second-order valence-corrected chi connectivity index (χ2v) is 10.7. The fourth-order valence-electron chi connectivity index (χ4n) is 5.34. The monoisotopic (exact) mass is 529 g/mol. The molecular weight excluding hydrogens is 490 g/mol. The first-order valence-electron chi connectivity index (χ1n) is 14.0. The second-order valence-electron chi connectivity index (χ2n) is 10.7. The number of amidine groups is 1. The topological polar surface area (TPSA) is 97.5 Å². The van der Waals surface area contributed by atoms with E-state index in [9.17, 15) is 5.26 Å². The lowest BCUT2D eigenvalue weighted by Gasteiger charge is -2.38. The summed E-state index contributed by atoms with van der Waals surface area (Å²) < 4.78 is 11.7. The fraction of sp³-hybridized carbons (Fsp3) is 0.500. The van der Waals surface area contributed by atoms with Gasteiger partial charge in [0.2, 0.25) is 5.96 Å². The molecule has 2 aromatic rings. The van der Waals surface area contributed by atoms with Crippen molar-refractivity contribution in [2.75, 3.05) is 56.3 Å². The van der Waals surface area contributed by atoms with E-state index in [1.807, 2.05) is 18.2 Å². The molecule has 3 aliphatic heterocycles. The quantitative estimate of drug-likeness (QED) is 0.558. The Bertz CT molecular complexity index is 1220. The molecule has 5 rings (SSSR count). The molecule has 2 fully saturated rings. The normalized spacial score (nSPS) is 19.5. The van der Waals surface area contributed by atoms with Crippen molar-refractivity contribution in [3.8, 4) is 11.8 Å². The van der Waals surface area contributed by atoms with Gasteiger partial charge in [0.15, 0.2) is 0 Å². The molecule has 9 nitrogen and oxygen atoms in total. The van der Waals surface area contributed by atoms with Crippen molar-refractivity contribution in [1.29, 1.82) is 5.26 Å². The maximum Gasteiger partial charge on any atom is 0.203 e. The van der Waals surface area contributed by atoms with E-state index in [-0.39, 0.29) is 6.10 Å². The van der Waals surface area contributed by atoms with E-state index in [1.165, 1.54) is 5.69 Å². The van der Waals surface area contributed by atoms with Crippen LogP contribution in [0.15, 0.2) is 52.4 Å². The van der Waals surface area contributed by atoms with Gasteiger partial charge in [-0.05, 0) is 82.0 Å². The standard InChI is InChI=1S/C30H39N7O2/c1-21(2)36-12-14-37(15-13-36)27-7-5-26(6-8-27)34-30-33-20-32-29(35-30)24-4-9-28(25(18-24)19-31)39-22(3)23-10-16-38-17-11-23/h4-9,18,21-23H,10-17,20H2,1-3H3,(H2,32,33,34,35)/t22-/m0/s1. The van der Waals surface area contributed by atoms with Gasteiger partial charge in [-0.2, -0.15) is 5.26 Å². The van der Waals surface area contributed by atoms with Crippen LogP contribution in [-0.2, 0) is 4.74 Å². The molecule has 3 aliphatic rings. The Labute approximate surface area is 231 Å². The van der Waals surface area contributed by atoms with Crippen LogP contribution in [0.4, 0.5) is 11.4 Å². The number of nitriles is 1. The summed E-state index contributed by atoms with van der Waals surface area (Å²) in [5.74, 6) is 2.34. The number of piperazine rings is 1. The van der Waals surface area contributed by atoms with Gasteiger partial charge in [-0.3, -0.25) is 4.90 Å². The highest BCUT2D eigenvalue weighted by molar-refractivity contribution is 6.13. The van der Waals surface area contributed by atoms with Gasteiger partial charge in [0.1, 0.15) is 24.3 Å². The van der Waals surface area contributed by atoms with E-state index in [0.29, 0.717) is 41.7 Å². The van der Waals surface area contributed by atoms with Crippen molar-refractivity contribution in [2.24, 2.45) is 15.9 Å². The summed E-state index contributed by atoms with van der Waals surface area (Å²) in [5, 5.41) is 16.5. The van der Waals surface area contributed by atoms with Crippen LogP contribution in [-0.4, -0.2) is 74.9 Å². The predicted molar refractivity (Wildman–Crippen MR) is 156 cm³/mol. The highest BCUT2D eigenvalue weighted by Gasteiger charge is 2.23. The molecule has 1 atom stereocenters. The van der Waals surface area contributed by atoms with Crippen molar-refractivity contribution in [3.63, 3.8) is 0 Å². The van der Waals surface area contributed by atoms with Crippen molar-refractivity contribution in [2.45, 2.75) is 45.8 Å². The van der Waals surface area contributed by atoms with Gasteiger partial charge >= 0.3 is 0 Å². The summed E-state index contributed by atoms with van der Waals surface area (Å²) in [4.78, 5) is 14.0. The van der Waals surface area contributed by atoms with Crippen molar-refractivity contribution < 1.29 is 9.47 Å². The number of nitrogens with one attached hydrogen (secondary N) is 2. The molecule has 0 unspecified atom stereocenters. The van der Waals surface area contributed by atoms with Gasteiger partial charge in [-0.25, -0.2) is 9.98 Å². The van der Waals surface area contributed by atoms with Crippen LogP contribution in [0.1, 0.15) is 44.7 Å². The summed E-state index contributed by atoms with van der Waals surface area (Å²) in [6.07, 6.45) is 1.99. The highest BCUT2D eigenvalue weighted by Crippen LogP contribution is 2.27. The minimum Gasteiger partial charge on any atom is -0.489 e. The number of benzene rings is 2. The molecule has 206 valence electrons. The first-order valence-corrected chi connectivity index (χ1v) is 14.0. The number of nitrogens with zero attached hydrogens (tertiary/aromatic N) is 5. The average Bonchev–Trinajstić information content (AvgIpc) is 2.98. The molecule has 0 saturated carbocycles. The van der Waals surface area contributed by atoms with E-state index >= 15 is 0 Å². The maximum atomic E-state index is 9.81. The number of hydrogen-bond donors (Lipinski definition) is 2. The molecular formula is C30H39N7O2. The molecule has 0 amide bonds. The van der Waals surface area contributed by atoms with Gasteiger partial charge in [-0.15, -0.1) is 0 Å². The Kier molecular flexibility index (Phi) is 8.64. The van der Waals surface area contributed by atoms with Gasteiger partial charge in [0.05, 0.1) is 11.7 Å². The molecule has 0 spiro atoms. The number of aliphatic imine (C=N–C) groups is 2. The summed E-state index contributed by atoms with van der Waals surface area (Å²) in [6, 6.07) is 17.0. The Morgan fingerprint density at radius 2 is 1.77 bits per heavy atom. The van der Waals surface area contributed by atoms with Crippen LogP contribution < -0.4 is 20.3 Å². The van der Waals surface area contributed by atoms with E-state index in [0.717, 1.165) is 63.5 Å². The lowest BCUT2D eigenvalue weighted by Crippen LogP contribution is -2.48. The Morgan fingerprint density at radius 1 is 1.03 bits per heavy atom. The number of ether oxygens (including phenoxy) is 2. The lowest BCUT2D eigenvalue weighted by atomic mass is 9.95. The molecule has 2 aromatic carbocycles. The summed E-state index contributed by atoms with van der Waals surface area (Å²) in [6.45, 7) is 12.7. The minimum atomic E-state index is 0.0240. The molecule has 0 aliphatic carbocycles. The maximum absolute atomic E-state index is 9.81. The SMILES string of the molecule is CC(C)N1CCN(c2ccc(NC3=NCN=C(c4ccc(O[C@@H](C)C5CCOCC5)c(C#N)c4)N3)cc2)CC1. The summed E-state index contributed by atoms with van der Waals surface area (Å²) >= 11 is 0. The zero-order chi connectivity index (χ0) is 27.2. The molecule has 3 heterocycles. The van der Waals surface area contributed by atoms with Crippen molar-refractivity contribution in [1.82, 2.24) is 10.2 Å². The zero-order valence-electron chi connectivity index (χ0n) is 23.2. The van der Waals surface area contributed by atoms with E-state index in [1.54, 1.807) is 0 Å². The fourth-order valence-corrected chi connectivity index (χ4v) is 5.34. The average molecular weight is 530 g/mol. The molecule has 0 aromatic heterocycles. The van der Waals surface area contributed by atoms with Crippen LogP contribution in [0.3, 0.4) is 0 Å².